The molecule has 0 fully saturated rings. The molecule has 3 amide bonds. The first-order valence-electron chi connectivity index (χ1n) is 21.7. The molecular weight excluding hydrogens is 852 g/mol. The Labute approximate surface area is 409 Å². The molecule has 0 atom stereocenters. The number of anilines is 7. The standard InChI is InChI=1S/2C17H17N3O2.C17H13N3O2.B.Li.H/c3*1-22-13-4-2-11-10-20(17(21)14(11)9-13)12-3-5-15-16(8-12)19-7-6-18-15;;;/h2*2-5,8-9,18-19H,6-7,10H2,1H3;2-9H,10H2,1H3;;;/q;;;;+1;-1. The molecule has 15 nitrogen and oxygen atoms in total. The SMILES string of the molecule is COc1ccc2c(c1)C(=O)N(c1ccc3c(c1)NCCN3)C2.COc1ccc2c(c1)C(=O)N(c1ccc3c(c1)NCCN3)C2.COc1ccc2c(c1)C(=O)N(c1ccc3nccnc3c1)C2.[B].[H-].[Li+]. The van der Waals surface area contributed by atoms with Crippen LogP contribution in [0.1, 0.15) is 49.2 Å². The maximum Gasteiger partial charge on any atom is 1.00 e. The van der Waals surface area contributed by atoms with Gasteiger partial charge < -0.3 is 51.6 Å². The average Bonchev–Trinajstić information content (AvgIpc) is 4.02. The minimum Gasteiger partial charge on any atom is -1.00 e. The second-order valence-electron chi connectivity index (χ2n) is 16.1. The predicted molar refractivity (Wildman–Crippen MR) is 264 cm³/mol. The van der Waals surface area contributed by atoms with Crippen LogP contribution in [0.3, 0.4) is 0 Å². The molecule has 12 rings (SSSR count). The molecule has 6 heterocycles. The molecule has 0 bridgehead atoms. The fourth-order valence-electron chi connectivity index (χ4n) is 8.76. The molecule has 0 unspecified atom stereocenters. The van der Waals surface area contributed by atoms with Crippen LogP contribution in [0, 0.1) is 0 Å². The van der Waals surface area contributed by atoms with Gasteiger partial charge >= 0.3 is 18.9 Å². The van der Waals surface area contributed by atoms with Crippen LogP contribution in [0.4, 0.5) is 39.8 Å². The van der Waals surface area contributed by atoms with E-state index in [1.165, 1.54) is 0 Å². The monoisotopic (exact) mass is 900 g/mol. The Balaban J connectivity index is 0.000000150. The number of aromatic nitrogens is 2. The van der Waals surface area contributed by atoms with Crippen LogP contribution in [0.5, 0.6) is 17.2 Å². The third kappa shape index (κ3) is 9.08. The van der Waals surface area contributed by atoms with Gasteiger partial charge in [0.25, 0.3) is 17.7 Å². The van der Waals surface area contributed by atoms with Gasteiger partial charge in [0.15, 0.2) is 0 Å². The molecule has 68 heavy (non-hydrogen) atoms. The maximum absolute atomic E-state index is 12.7. The van der Waals surface area contributed by atoms with Crippen LogP contribution in [0.15, 0.2) is 122 Å². The Bertz CT molecular complexity index is 2940. The molecule has 0 aliphatic carbocycles. The topological polar surface area (TPSA) is 163 Å². The molecule has 1 aromatic heterocycles. The number of benzene rings is 6. The number of fused-ring (bicyclic) bond motifs is 6. The van der Waals surface area contributed by atoms with Crippen LogP contribution in [-0.4, -0.2) is 83.6 Å². The van der Waals surface area contributed by atoms with Crippen molar-refractivity contribution >= 4 is 77.0 Å². The van der Waals surface area contributed by atoms with E-state index in [0.717, 1.165) is 105 Å². The van der Waals surface area contributed by atoms with Crippen molar-refractivity contribution < 1.29 is 48.9 Å². The van der Waals surface area contributed by atoms with E-state index in [2.05, 4.69) is 31.2 Å². The summed E-state index contributed by atoms with van der Waals surface area (Å²) in [6.07, 6.45) is 3.31. The number of nitrogens with one attached hydrogen (secondary N) is 4. The van der Waals surface area contributed by atoms with E-state index >= 15 is 0 Å². The number of carbonyl (C=O) groups is 3. The first kappa shape index (κ1) is 46.8. The minimum atomic E-state index is -0.0165. The van der Waals surface area contributed by atoms with Gasteiger partial charge in [0.2, 0.25) is 0 Å². The van der Waals surface area contributed by atoms with Crippen molar-refractivity contribution in [1.82, 2.24) is 9.97 Å². The summed E-state index contributed by atoms with van der Waals surface area (Å²) >= 11 is 0. The first-order chi connectivity index (χ1) is 32.3. The Morgan fingerprint density at radius 1 is 0.441 bits per heavy atom. The van der Waals surface area contributed by atoms with Crippen LogP contribution in [-0.2, 0) is 19.6 Å². The fraction of sp³-hybridized carbons (Fsp3) is 0.196. The van der Waals surface area contributed by atoms with Gasteiger partial charge in [-0.15, -0.1) is 0 Å². The summed E-state index contributed by atoms with van der Waals surface area (Å²) in [5, 5.41) is 13.4. The molecule has 5 aliphatic heterocycles. The van der Waals surface area contributed by atoms with Crippen molar-refractivity contribution in [2.45, 2.75) is 19.6 Å². The van der Waals surface area contributed by atoms with Crippen LogP contribution in [0.25, 0.3) is 11.0 Å². The number of ether oxygens (including phenoxy) is 3. The van der Waals surface area contributed by atoms with Crippen molar-refractivity contribution in [2.75, 3.05) is 83.5 Å². The largest absolute Gasteiger partial charge is 1.00 e. The maximum atomic E-state index is 12.7. The molecule has 3 radical (unpaired) electrons. The van der Waals surface area contributed by atoms with Crippen molar-refractivity contribution in [2.24, 2.45) is 0 Å². The van der Waals surface area contributed by atoms with Crippen molar-refractivity contribution in [3.8, 4) is 17.2 Å². The Morgan fingerprint density at radius 3 is 1.19 bits per heavy atom. The van der Waals surface area contributed by atoms with Gasteiger partial charge in [0.05, 0.1) is 74.7 Å². The van der Waals surface area contributed by atoms with Gasteiger partial charge in [-0.2, -0.15) is 0 Å². The Kier molecular flexibility index (Phi) is 13.8. The molecule has 0 spiro atoms. The summed E-state index contributed by atoms with van der Waals surface area (Å²) < 4.78 is 15.6. The van der Waals surface area contributed by atoms with Crippen molar-refractivity contribution in [3.63, 3.8) is 0 Å². The van der Waals surface area contributed by atoms with Gasteiger partial charge in [-0.25, -0.2) is 0 Å². The molecule has 0 saturated carbocycles. The first-order valence-corrected chi connectivity index (χ1v) is 21.7. The van der Waals surface area contributed by atoms with Crippen molar-refractivity contribution in [1.29, 1.82) is 0 Å². The quantitative estimate of drug-likeness (QED) is 0.167. The normalized spacial score (nSPS) is 14.5. The van der Waals surface area contributed by atoms with Gasteiger partial charge in [0.1, 0.15) is 17.2 Å². The number of hydrogen-bond acceptors (Lipinski definition) is 12. The molecule has 6 aromatic carbocycles. The summed E-state index contributed by atoms with van der Waals surface area (Å²) in [6.45, 7) is 5.38. The number of amides is 3. The van der Waals surface area contributed by atoms with E-state index in [9.17, 15) is 14.4 Å². The van der Waals surface area contributed by atoms with Crippen LogP contribution >= 0.6 is 0 Å². The van der Waals surface area contributed by atoms with Crippen molar-refractivity contribution in [3.05, 3.63) is 155 Å². The molecule has 7 aromatic rings. The minimum absolute atomic E-state index is 0. The third-order valence-electron chi connectivity index (χ3n) is 12.3. The van der Waals surface area contributed by atoms with Crippen LogP contribution in [0.2, 0.25) is 0 Å². The van der Waals surface area contributed by atoms with E-state index < -0.39 is 0 Å². The smallest absolute Gasteiger partial charge is 1.00 e. The molecule has 17 heteroatoms. The molecule has 0 saturated heterocycles. The number of nitrogens with zero attached hydrogens (tertiary/aromatic N) is 5. The van der Waals surface area contributed by atoms with E-state index in [4.69, 9.17) is 14.2 Å². The average molecular weight is 901 g/mol. The van der Waals surface area contributed by atoms with E-state index in [0.29, 0.717) is 42.4 Å². The Morgan fingerprint density at radius 2 is 0.794 bits per heavy atom. The van der Waals surface area contributed by atoms with Gasteiger partial charge in [-0.05, 0) is 108 Å². The van der Waals surface area contributed by atoms with E-state index in [1.807, 2.05) is 103 Å². The van der Waals surface area contributed by atoms with Crippen LogP contribution < -0.4 is 69.0 Å². The van der Waals surface area contributed by atoms with Gasteiger partial charge in [0, 0.05) is 80.7 Å². The zero-order chi connectivity index (χ0) is 45.3. The number of hydrogen-bond donors (Lipinski definition) is 4. The van der Waals surface area contributed by atoms with Gasteiger partial charge in [-0.3, -0.25) is 24.4 Å². The summed E-state index contributed by atoms with van der Waals surface area (Å²) in [4.78, 5) is 51.9. The molecular formula is C51H48BLiN9O6. The summed E-state index contributed by atoms with van der Waals surface area (Å²) in [6, 6.07) is 34.7. The van der Waals surface area contributed by atoms with E-state index in [1.54, 1.807) is 54.5 Å². The predicted octanol–water partition coefficient (Wildman–Crippen LogP) is 4.92. The third-order valence-corrected chi connectivity index (χ3v) is 12.3. The molecule has 4 N–H and O–H groups in total. The number of rotatable bonds is 6. The zero-order valence-corrected chi connectivity index (χ0v) is 38.3. The number of methoxy groups -OCH3 is 3. The Hall–Kier alpha value is -7.67. The summed E-state index contributed by atoms with van der Waals surface area (Å²) in [5.74, 6) is 2.15. The molecule has 5 aliphatic rings. The van der Waals surface area contributed by atoms with Gasteiger partial charge in [-0.1, -0.05) is 18.2 Å². The number of carbonyl (C=O) groups excluding carboxylic acids is 3. The summed E-state index contributed by atoms with van der Waals surface area (Å²) in [7, 11) is 4.82. The zero-order valence-electron chi connectivity index (χ0n) is 39.3. The van der Waals surface area contributed by atoms with E-state index in [-0.39, 0.29) is 46.4 Å². The summed E-state index contributed by atoms with van der Waals surface area (Å²) in [5.41, 5.74) is 13.7. The molecule has 337 valence electrons. The second kappa shape index (κ2) is 20.1. The fourth-order valence-corrected chi connectivity index (χ4v) is 8.76. The second-order valence-corrected chi connectivity index (χ2v) is 16.1.